The Morgan fingerprint density at radius 1 is 1.19 bits per heavy atom. The molecule has 1 fully saturated rings. The number of benzene rings is 1. The number of nitrogens with one attached hydrogen (secondary N) is 1. The summed E-state index contributed by atoms with van der Waals surface area (Å²) >= 11 is 0. The Balaban J connectivity index is 1.74. The normalized spacial score (nSPS) is 14.0. The minimum Gasteiger partial charge on any atom is -0.493 e. The third kappa shape index (κ3) is 4.61. The highest BCUT2D eigenvalue weighted by Gasteiger charge is 2.36. The van der Waals surface area contributed by atoms with Crippen molar-refractivity contribution in [2.75, 3.05) is 34.4 Å². The van der Waals surface area contributed by atoms with E-state index in [-0.39, 0.29) is 47.7 Å². The van der Waals surface area contributed by atoms with Gasteiger partial charge in [0, 0.05) is 25.1 Å². The van der Waals surface area contributed by atoms with Crippen molar-refractivity contribution in [2.45, 2.75) is 19.4 Å². The summed E-state index contributed by atoms with van der Waals surface area (Å²) in [6, 6.07) is 4.80. The van der Waals surface area contributed by atoms with Gasteiger partial charge in [-0.05, 0) is 25.0 Å². The number of hydrogen-bond acceptors (Lipinski definition) is 8. The molecule has 1 aromatic heterocycles. The minimum absolute atomic E-state index is 0.0326. The van der Waals surface area contributed by atoms with Gasteiger partial charge in [-0.3, -0.25) is 19.7 Å². The third-order valence-corrected chi connectivity index (χ3v) is 5.39. The lowest BCUT2D eigenvalue weighted by Gasteiger charge is -2.31. The number of nitro groups is 1. The largest absolute Gasteiger partial charge is 0.493 e. The van der Waals surface area contributed by atoms with Gasteiger partial charge in [0.05, 0.1) is 39.1 Å². The Labute approximate surface area is 184 Å². The van der Waals surface area contributed by atoms with Crippen LogP contribution >= 0.6 is 0 Å². The Hall–Kier alpha value is -3.76. The molecule has 1 aromatic carbocycles. The summed E-state index contributed by atoms with van der Waals surface area (Å²) in [5.41, 5.74) is -0.654. The fourth-order valence-electron chi connectivity index (χ4n) is 3.73. The first-order chi connectivity index (χ1) is 15.4. The molecule has 32 heavy (non-hydrogen) atoms. The van der Waals surface area contributed by atoms with Crippen molar-refractivity contribution in [1.82, 2.24) is 10.2 Å². The van der Waals surface area contributed by atoms with Crippen molar-refractivity contribution in [3.05, 3.63) is 45.9 Å². The van der Waals surface area contributed by atoms with Crippen LogP contribution in [0.25, 0.3) is 0 Å². The van der Waals surface area contributed by atoms with Gasteiger partial charge in [-0.15, -0.1) is 0 Å². The third-order valence-electron chi connectivity index (χ3n) is 5.39. The molecule has 1 N–H and O–H groups in total. The molecule has 0 bridgehead atoms. The number of ether oxygens (including phenoxy) is 3. The van der Waals surface area contributed by atoms with E-state index in [0.717, 1.165) is 0 Å². The van der Waals surface area contributed by atoms with E-state index in [9.17, 15) is 19.7 Å². The monoisotopic (exact) mass is 447 g/mol. The van der Waals surface area contributed by atoms with E-state index < -0.39 is 16.5 Å². The van der Waals surface area contributed by atoms with E-state index in [1.54, 1.807) is 12.1 Å². The molecule has 0 radical (unpaired) electrons. The molecule has 0 atom stereocenters. The Morgan fingerprint density at radius 3 is 2.41 bits per heavy atom. The van der Waals surface area contributed by atoms with Gasteiger partial charge in [-0.1, -0.05) is 0 Å². The van der Waals surface area contributed by atoms with E-state index in [1.807, 2.05) is 0 Å². The summed E-state index contributed by atoms with van der Waals surface area (Å²) < 4.78 is 20.8. The van der Waals surface area contributed by atoms with Crippen LogP contribution in [0.5, 0.6) is 17.2 Å². The smallest absolute Gasteiger partial charge is 0.327 e. The standard InChI is InChI=1S/C21H25N3O8/c1-29-16-11-15(17(24(27)28)19(31-3)18(16)30-2)21(26)23-8-6-13(7-9-23)20(25)22-12-14-5-4-10-32-14/h4-5,10-11,13H,6-9,12H2,1-3H3,(H,22,25). The first-order valence-electron chi connectivity index (χ1n) is 9.97. The molecular formula is C21H25N3O8. The molecule has 1 aliphatic heterocycles. The zero-order valence-corrected chi connectivity index (χ0v) is 18.1. The molecule has 2 aromatic rings. The van der Waals surface area contributed by atoms with Crippen molar-refractivity contribution in [3.8, 4) is 17.2 Å². The average molecular weight is 447 g/mol. The molecule has 0 aliphatic carbocycles. The van der Waals surface area contributed by atoms with Crippen molar-refractivity contribution < 1.29 is 33.1 Å². The molecule has 11 heteroatoms. The number of amides is 2. The summed E-state index contributed by atoms with van der Waals surface area (Å²) in [4.78, 5) is 38.2. The highest BCUT2D eigenvalue weighted by molar-refractivity contribution is 6.00. The van der Waals surface area contributed by atoms with Crippen molar-refractivity contribution in [3.63, 3.8) is 0 Å². The maximum atomic E-state index is 13.2. The molecule has 0 unspecified atom stereocenters. The second-order valence-electron chi connectivity index (χ2n) is 7.16. The number of nitrogens with zero attached hydrogens (tertiary/aromatic N) is 2. The van der Waals surface area contributed by atoms with Gasteiger partial charge in [0.25, 0.3) is 5.91 Å². The summed E-state index contributed by atoms with van der Waals surface area (Å²) in [5, 5.41) is 14.6. The summed E-state index contributed by atoms with van der Waals surface area (Å²) in [5.74, 6) is -0.273. The zero-order valence-electron chi connectivity index (χ0n) is 18.1. The van der Waals surface area contributed by atoms with Gasteiger partial charge >= 0.3 is 5.69 Å². The number of carbonyl (C=O) groups excluding carboxylic acids is 2. The van der Waals surface area contributed by atoms with Crippen molar-refractivity contribution >= 4 is 17.5 Å². The van der Waals surface area contributed by atoms with Gasteiger partial charge < -0.3 is 28.8 Å². The molecular weight excluding hydrogens is 422 g/mol. The predicted molar refractivity (Wildman–Crippen MR) is 112 cm³/mol. The summed E-state index contributed by atoms with van der Waals surface area (Å²) in [7, 11) is 3.95. The SMILES string of the molecule is COc1cc(C(=O)N2CCC(C(=O)NCc3ccco3)CC2)c([N+](=O)[O-])c(OC)c1OC. The fourth-order valence-corrected chi connectivity index (χ4v) is 3.73. The van der Waals surface area contributed by atoms with Gasteiger partial charge in [-0.25, -0.2) is 0 Å². The lowest BCUT2D eigenvalue weighted by molar-refractivity contribution is -0.386. The fraction of sp³-hybridized carbons (Fsp3) is 0.429. The first-order valence-corrected chi connectivity index (χ1v) is 9.97. The van der Waals surface area contributed by atoms with Crippen LogP contribution in [0.2, 0.25) is 0 Å². The van der Waals surface area contributed by atoms with Gasteiger partial charge in [0.1, 0.15) is 11.3 Å². The Bertz CT molecular complexity index is 981. The number of piperidine rings is 1. The number of furan rings is 1. The predicted octanol–water partition coefficient (Wildman–Crippen LogP) is 2.38. The van der Waals surface area contributed by atoms with Gasteiger partial charge in [0.15, 0.2) is 5.75 Å². The Kier molecular flexibility index (Phi) is 7.18. The molecule has 0 spiro atoms. The number of carbonyl (C=O) groups is 2. The maximum Gasteiger partial charge on any atom is 0.327 e. The number of hydrogen-bond donors (Lipinski definition) is 1. The van der Waals surface area contributed by atoms with Crippen molar-refractivity contribution in [1.29, 1.82) is 0 Å². The van der Waals surface area contributed by atoms with E-state index in [1.165, 1.54) is 38.6 Å². The highest BCUT2D eigenvalue weighted by atomic mass is 16.6. The van der Waals surface area contributed by atoms with E-state index in [2.05, 4.69) is 5.32 Å². The minimum atomic E-state index is -0.678. The van der Waals surface area contributed by atoms with E-state index in [4.69, 9.17) is 18.6 Å². The van der Waals surface area contributed by atoms with Crippen LogP contribution in [0.3, 0.4) is 0 Å². The van der Waals surface area contributed by atoms with Crippen LogP contribution in [-0.2, 0) is 11.3 Å². The summed E-state index contributed by atoms with van der Waals surface area (Å²) in [6.45, 7) is 0.861. The van der Waals surface area contributed by atoms with Gasteiger partial charge in [-0.2, -0.15) is 0 Å². The number of methoxy groups -OCH3 is 3. The molecule has 0 saturated carbocycles. The average Bonchev–Trinajstić information content (AvgIpc) is 3.34. The molecule has 11 nitrogen and oxygen atoms in total. The Morgan fingerprint density at radius 2 is 1.88 bits per heavy atom. The van der Waals surface area contributed by atoms with Crippen LogP contribution in [0.15, 0.2) is 28.9 Å². The second kappa shape index (κ2) is 10.0. The molecule has 172 valence electrons. The van der Waals surface area contributed by atoms with E-state index in [0.29, 0.717) is 25.1 Å². The summed E-state index contributed by atoms with van der Waals surface area (Å²) in [6.07, 6.45) is 2.41. The van der Waals surface area contributed by atoms with Crippen LogP contribution in [-0.4, -0.2) is 56.1 Å². The molecule has 2 amide bonds. The number of nitro benzene ring substituents is 1. The van der Waals surface area contributed by atoms with E-state index >= 15 is 0 Å². The second-order valence-corrected chi connectivity index (χ2v) is 7.16. The van der Waals surface area contributed by atoms with Gasteiger partial charge in [0.2, 0.25) is 17.4 Å². The lowest BCUT2D eigenvalue weighted by atomic mass is 9.95. The highest BCUT2D eigenvalue weighted by Crippen LogP contribution is 2.46. The lowest BCUT2D eigenvalue weighted by Crippen LogP contribution is -2.43. The number of rotatable bonds is 8. The quantitative estimate of drug-likeness (QED) is 0.482. The maximum absolute atomic E-state index is 13.2. The molecule has 1 aliphatic rings. The van der Waals surface area contributed by atoms with Crippen LogP contribution in [0, 0.1) is 16.0 Å². The van der Waals surface area contributed by atoms with Crippen molar-refractivity contribution in [2.24, 2.45) is 5.92 Å². The van der Waals surface area contributed by atoms with Crippen LogP contribution in [0.4, 0.5) is 5.69 Å². The number of likely N-dealkylation sites (tertiary alicyclic amines) is 1. The van der Waals surface area contributed by atoms with Crippen LogP contribution < -0.4 is 19.5 Å². The first kappa shape index (κ1) is 22.9. The van der Waals surface area contributed by atoms with Crippen LogP contribution in [0.1, 0.15) is 29.0 Å². The molecule has 3 rings (SSSR count). The topological polar surface area (TPSA) is 133 Å². The molecule has 2 heterocycles. The zero-order chi connectivity index (χ0) is 23.3. The molecule has 1 saturated heterocycles.